The van der Waals surface area contributed by atoms with Gasteiger partial charge >= 0.3 is 0 Å². The van der Waals surface area contributed by atoms with Crippen molar-refractivity contribution in [2.24, 2.45) is 0 Å². The van der Waals surface area contributed by atoms with Crippen LogP contribution in [0.3, 0.4) is 0 Å². The van der Waals surface area contributed by atoms with Gasteiger partial charge in [-0.2, -0.15) is 0 Å². The van der Waals surface area contributed by atoms with E-state index in [-0.39, 0.29) is 0 Å². The van der Waals surface area contributed by atoms with E-state index < -0.39 is 0 Å². The average Bonchev–Trinajstić information content (AvgIpc) is 2.75. The van der Waals surface area contributed by atoms with E-state index in [0.717, 1.165) is 27.7 Å². The largest absolute Gasteiger partial charge is 0.487 e. The average molecular weight is 392 g/mol. The van der Waals surface area contributed by atoms with Crippen LogP contribution >= 0.6 is 0 Å². The van der Waals surface area contributed by atoms with Gasteiger partial charge < -0.3 is 18.9 Å². The van der Waals surface area contributed by atoms with Gasteiger partial charge in [0, 0.05) is 37.7 Å². The Labute approximate surface area is 170 Å². The van der Waals surface area contributed by atoms with Crippen molar-refractivity contribution in [3.05, 3.63) is 59.5 Å². The van der Waals surface area contributed by atoms with Crippen LogP contribution in [-0.4, -0.2) is 50.6 Å². The summed E-state index contributed by atoms with van der Waals surface area (Å²) in [6.45, 7) is 1.79. The van der Waals surface area contributed by atoms with E-state index in [1.54, 1.807) is 20.5 Å². The highest BCUT2D eigenvalue weighted by Gasteiger charge is 2.13. The third-order valence-corrected chi connectivity index (χ3v) is 4.34. The molecule has 150 valence electrons. The van der Waals surface area contributed by atoms with Crippen molar-refractivity contribution in [1.82, 2.24) is 9.97 Å². The third kappa shape index (κ3) is 5.44. The molecule has 0 fully saturated rings. The van der Waals surface area contributed by atoms with Crippen molar-refractivity contribution in [3.63, 3.8) is 0 Å². The van der Waals surface area contributed by atoms with Crippen LogP contribution in [0.2, 0.25) is 0 Å². The molecule has 0 aliphatic rings. The summed E-state index contributed by atoms with van der Waals surface area (Å²) in [5, 5.41) is 0.908. The molecule has 6 heteroatoms. The summed E-state index contributed by atoms with van der Waals surface area (Å²) < 4.78 is 21.9. The molecule has 0 spiro atoms. The number of ether oxygens (including phenoxy) is 4. The molecule has 0 aliphatic carbocycles. The zero-order valence-corrected chi connectivity index (χ0v) is 16.7. The van der Waals surface area contributed by atoms with Crippen LogP contribution in [0.4, 0.5) is 0 Å². The number of rotatable bonds is 10. The van der Waals surface area contributed by atoms with Crippen LogP contribution in [-0.2, 0) is 15.9 Å². The fraction of sp³-hybridized carbons (Fsp3) is 0.304. The lowest BCUT2D eigenvalue weighted by atomic mass is 10.0. The van der Waals surface area contributed by atoms with Gasteiger partial charge in [0.25, 0.3) is 0 Å². The van der Waals surface area contributed by atoms with E-state index in [2.05, 4.69) is 15.9 Å². The molecular weight excluding hydrogens is 368 g/mol. The van der Waals surface area contributed by atoms with E-state index in [1.165, 1.54) is 0 Å². The number of aromatic nitrogens is 2. The maximum Gasteiger partial charge on any atom is 0.163 e. The molecule has 1 heterocycles. The zero-order chi connectivity index (χ0) is 20.5. The third-order valence-electron chi connectivity index (χ3n) is 4.34. The molecule has 3 aromatic rings. The first-order chi connectivity index (χ1) is 14.2. The van der Waals surface area contributed by atoms with Gasteiger partial charge in [0.05, 0.1) is 24.4 Å². The number of hydrogen-bond donors (Lipinski definition) is 0. The summed E-state index contributed by atoms with van der Waals surface area (Å²) in [6.07, 6.45) is 7.72. The molecular formula is C23H24N2O4. The number of benzene rings is 2. The summed E-state index contributed by atoms with van der Waals surface area (Å²) in [6, 6.07) is 11.7. The number of fused-ring (bicyclic) bond motifs is 1. The van der Waals surface area contributed by atoms with Gasteiger partial charge in [-0.25, -0.2) is 9.97 Å². The summed E-state index contributed by atoms with van der Waals surface area (Å²) in [4.78, 5) is 8.91. The minimum absolute atomic E-state index is 0.413. The minimum Gasteiger partial charge on any atom is -0.487 e. The van der Waals surface area contributed by atoms with Gasteiger partial charge in [-0.3, -0.25) is 0 Å². The first-order valence-electron chi connectivity index (χ1n) is 9.31. The van der Waals surface area contributed by atoms with E-state index in [1.807, 2.05) is 36.4 Å². The summed E-state index contributed by atoms with van der Waals surface area (Å²) in [5.41, 5.74) is 3.61. The number of hydrogen-bond acceptors (Lipinski definition) is 6. The number of methoxy groups -OCH3 is 2. The standard InChI is InChI=1S/C23H24N2O4/c1-4-17-6-5-7-18(12-17)13-20-19-14-22(28-10-8-26-2)23(29-11-9-27-3)15-21(19)25-16-24-20/h1,5-7,12,14-16H,8-11,13H2,2-3H3. The molecule has 0 N–H and O–H groups in total. The molecule has 1 aromatic heterocycles. The van der Waals surface area contributed by atoms with Crippen molar-refractivity contribution in [2.45, 2.75) is 6.42 Å². The Balaban J connectivity index is 1.96. The van der Waals surface area contributed by atoms with Gasteiger partial charge in [-0.05, 0) is 23.8 Å². The van der Waals surface area contributed by atoms with Crippen molar-refractivity contribution < 1.29 is 18.9 Å². The van der Waals surface area contributed by atoms with Gasteiger partial charge in [0.1, 0.15) is 19.5 Å². The molecule has 0 radical (unpaired) electrons. The van der Waals surface area contributed by atoms with E-state index in [4.69, 9.17) is 25.4 Å². The Kier molecular flexibility index (Phi) is 7.40. The molecule has 0 unspecified atom stereocenters. The molecule has 0 atom stereocenters. The molecule has 29 heavy (non-hydrogen) atoms. The lowest BCUT2D eigenvalue weighted by molar-refractivity contribution is 0.132. The second-order valence-corrected chi connectivity index (χ2v) is 6.34. The SMILES string of the molecule is C#Cc1cccc(Cc2ncnc3cc(OCCOC)c(OCCOC)cc23)c1. The monoisotopic (exact) mass is 392 g/mol. The second-order valence-electron chi connectivity index (χ2n) is 6.34. The van der Waals surface area contributed by atoms with Gasteiger partial charge in [0.15, 0.2) is 11.5 Å². The highest BCUT2D eigenvalue weighted by atomic mass is 16.5. The normalized spacial score (nSPS) is 10.7. The Hall–Kier alpha value is -3.14. The van der Waals surface area contributed by atoms with E-state index in [0.29, 0.717) is 44.3 Å². The summed E-state index contributed by atoms with van der Waals surface area (Å²) >= 11 is 0. The Morgan fingerprint density at radius 2 is 1.62 bits per heavy atom. The smallest absolute Gasteiger partial charge is 0.163 e. The van der Waals surface area contributed by atoms with Crippen LogP contribution in [0.25, 0.3) is 10.9 Å². The number of terminal acetylenes is 1. The van der Waals surface area contributed by atoms with Crippen molar-refractivity contribution in [1.29, 1.82) is 0 Å². The van der Waals surface area contributed by atoms with Crippen molar-refractivity contribution in [3.8, 4) is 23.8 Å². The quantitative estimate of drug-likeness (QED) is 0.390. The molecule has 0 bridgehead atoms. The maximum atomic E-state index is 5.89. The van der Waals surface area contributed by atoms with Crippen LogP contribution in [0.1, 0.15) is 16.8 Å². The predicted molar refractivity (Wildman–Crippen MR) is 111 cm³/mol. The Morgan fingerprint density at radius 1 is 0.897 bits per heavy atom. The maximum absolute atomic E-state index is 5.89. The summed E-state index contributed by atoms with van der Waals surface area (Å²) in [5.74, 6) is 3.91. The van der Waals surface area contributed by atoms with Crippen LogP contribution in [0, 0.1) is 12.3 Å². The van der Waals surface area contributed by atoms with Gasteiger partial charge in [0.2, 0.25) is 0 Å². The molecule has 0 saturated carbocycles. The first kappa shape index (κ1) is 20.6. The molecule has 3 rings (SSSR count). The molecule has 2 aromatic carbocycles. The highest BCUT2D eigenvalue weighted by molar-refractivity contribution is 5.84. The lowest BCUT2D eigenvalue weighted by Gasteiger charge is -2.15. The Morgan fingerprint density at radius 3 is 2.31 bits per heavy atom. The molecule has 0 saturated heterocycles. The first-order valence-corrected chi connectivity index (χ1v) is 9.31. The van der Waals surface area contributed by atoms with Crippen molar-refractivity contribution >= 4 is 10.9 Å². The fourth-order valence-electron chi connectivity index (χ4n) is 2.92. The molecule has 0 amide bonds. The lowest BCUT2D eigenvalue weighted by Crippen LogP contribution is -2.09. The van der Waals surface area contributed by atoms with Gasteiger partial charge in [-0.1, -0.05) is 18.1 Å². The minimum atomic E-state index is 0.413. The van der Waals surface area contributed by atoms with E-state index in [9.17, 15) is 0 Å². The predicted octanol–water partition coefficient (Wildman–Crippen LogP) is 3.25. The Bertz CT molecular complexity index is 998. The zero-order valence-electron chi connectivity index (χ0n) is 16.7. The van der Waals surface area contributed by atoms with E-state index >= 15 is 0 Å². The van der Waals surface area contributed by atoms with Crippen LogP contribution in [0.5, 0.6) is 11.5 Å². The number of nitrogens with zero attached hydrogens (tertiary/aromatic N) is 2. The second kappa shape index (κ2) is 10.4. The summed E-state index contributed by atoms with van der Waals surface area (Å²) in [7, 11) is 3.27. The highest BCUT2D eigenvalue weighted by Crippen LogP contribution is 2.33. The van der Waals surface area contributed by atoms with Crippen LogP contribution in [0.15, 0.2) is 42.7 Å². The fourth-order valence-corrected chi connectivity index (χ4v) is 2.92. The van der Waals surface area contributed by atoms with Crippen LogP contribution < -0.4 is 9.47 Å². The molecule has 0 aliphatic heterocycles. The molecule has 6 nitrogen and oxygen atoms in total. The topological polar surface area (TPSA) is 62.7 Å². The van der Waals surface area contributed by atoms with Crippen molar-refractivity contribution in [2.75, 3.05) is 40.6 Å². The van der Waals surface area contributed by atoms with Gasteiger partial charge in [-0.15, -0.1) is 6.42 Å².